The highest BCUT2D eigenvalue weighted by Crippen LogP contribution is 2.22. The fraction of sp³-hybridized carbons (Fsp3) is 0.391. The highest BCUT2D eigenvalue weighted by molar-refractivity contribution is 5.90. The summed E-state index contributed by atoms with van der Waals surface area (Å²) in [6, 6.07) is 17.4. The van der Waals surface area contributed by atoms with Gasteiger partial charge in [-0.15, -0.1) is 0 Å². The molecule has 2 aromatic carbocycles. The zero-order chi connectivity index (χ0) is 19.9. The van der Waals surface area contributed by atoms with Crippen molar-refractivity contribution in [2.45, 2.75) is 39.2 Å². The van der Waals surface area contributed by atoms with Crippen LogP contribution in [-0.4, -0.2) is 41.4 Å². The van der Waals surface area contributed by atoms with E-state index in [1.807, 2.05) is 73.3 Å². The summed E-state index contributed by atoms with van der Waals surface area (Å²) in [6.45, 7) is 6.06. The van der Waals surface area contributed by atoms with Gasteiger partial charge in [-0.1, -0.05) is 42.5 Å². The number of anilines is 1. The van der Waals surface area contributed by atoms with Crippen LogP contribution in [0.3, 0.4) is 0 Å². The molecular weight excluding hydrogens is 350 g/mol. The van der Waals surface area contributed by atoms with Gasteiger partial charge in [-0.2, -0.15) is 0 Å². The van der Waals surface area contributed by atoms with Crippen LogP contribution in [0.4, 0.5) is 10.5 Å². The molecule has 3 rings (SSSR count). The summed E-state index contributed by atoms with van der Waals surface area (Å²) in [5, 5.41) is 2.99. The Kier molecular flexibility index (Phi) is 6.69. The molecule has 28 heavy (non-hydrogen) atoms. The molecule has 3 amide bonds. The second-order valence-electron chi connectivity index (χ2n) is 7.42. The van der Waals surface area contributed by atoms with Crippen LogP contribution in [0.1, 0.15) is 43.4 Å². The van der Waals surface area contributed by atoms with Crippen LogP contribution in [0.5, 0.6) is 0 Å². The number of urea groups is 1. The first kappa shape index (κ1) is 19.9. The normalized spacial score (nSPS) is 14.6. The van der Waals surface area contributed by atoms with Crippen LogP contribution in [0.25, 0.3) is 0 Å². The van der Waals surface area contributed by atoms with Crippen molar-refractivity contribution in [3.8, 4) is 0 Å². The number of nitrogens with one attached hydrogen (secondary N) is 1. The lowest BCUT2D eigenvalue weighted by atomic mass is 10.1. The molecule has 2 aromatic rings. The van der Waals surface area contributed by atoms with Crippen LogP contribution < -0.4 is 5.32 Å². The van der Waals surface area contributed by atoms with Gasteiger partial charge in [-0.25, -0.2) is 4.79 Å². The lowest BCUT2D eigenvalue weighted by Crippen LogP contribution is -2.40. The van der Waals surface area contributed by atoms with Gasteiger partial charge in [0.2, 0.25) is 5.91 Å². The molecule has 0 aromatic heterocycles. The van der Waals surface area contributed by atoms with Gasteiger partial charge < -0.3 is 15.1 Å². The van der Waals surface area contributed by atoms with Crippen LogP contribution in [-0.2, 0) is 4.79 Å². The number of likely N-dealkylation sites (tertiary alicyclic amines) is 1. The first-order valence-electron chi connectivity index (χ1n) is 10.0. The number of carbonyl (C=O) groups excluding carboxylic acids is 2. The summed E-state index contributed by atoms with van der Waals surface area (Å²) in [4.78, 5) is 29.2. The number of hydrogen-bond donors (Lipinski definition) is 1. The zero-order valence-electron chi connectivity index (χ0n) is 16.7. The minimum absolute atomic E-state index is 0.127. The van der Waals surface area contributed by atoms with Crippen molar-refractivity contribution in [1.29, 1.82) is 0 Å². The Morgan fingerprint density at radius 2 is 1.79 bits per heavy atom. The predicted octanol–water partition coefficient (Wildman–Crippen LogP) is 4.60. The van der Waals surface area contributed by atoms with Crippen LogP contribution in [0, 0.1) is 6.92 Å². The topological polar surface area (TPSA) is 52.7 Å². The molecule has 5 nitrogen and oxygen atoms in total. The fourth-order valence-corrected chi connectivity index (χ4v) is 3.64. The van der Waals surface area contributed by atoms with Crippen molar-refractivity contribution in [3.05, 3.63) is 65.7 Å². The quantitative estimate of drug-likeness (QED) is 0.797. The standard InChI is InChI=1S/C23H29N3O2/c1-18-9-8-12-21(17-18)24-23(28)26(19(2)20-10-4-3-5-11-20)16-13-22(27)25-14-6-7-15-25/h3-5,8-12,17,19H,6-7,13-16H2,1-2H3,(H,24,28). The molecule has 0 radical (unpaired) electrons. The maximum absolute atomic E-state index is 13.1. The maximum Gasteiger partial charge on any atom is 0.322 e. The van der Waals surface area contributed by atoms with E-state index >= 15 is 0 Å². The first-order chi connectivity index (χ1) is 13.5. The molecule has 0 spiro atoms. The van der Waals surface area contributed by atoms with Crippen molar-refractivity contribution in [2.75, 3.05) is 25.0 Å². The minimum atomic E-state index is -0.184. The van der Waals surface area contributed by atoms with Crippen molar-refractivity contribution in [2.24, 2.45) is 0 Å². The molecule has 0 aliphatic carbocycles. The lowest BCUT2D eigenvalue weighted by molar-refractivity contribution is -0.130. The van der Waals surface area contributed by atoms with Gasteiger partial charge in [-0.3, -0.25) is 4.79 Å². The Morgan fingerprint density at radius 1 is 1.07 bits per heavy atom. The molecule has 1 unspecified atom stereocenters. The number of rotatable bonds is 6. The van der Waals surface area contributed by atoms with E-state index in [0.29, 0.717) is 13.0 Å². The molecular formula is C23H29N3O2. The third kappa shape index (κ3) is 5.12. The van der Waals surface area contributed by atoms with Crippen molar-refractivity contribution in [3.63, 3.8) is 0 Å². The van der Waals surface area contributed by atoms with Gasteiger partial charge in [0.25, 0.3) is 0 Å². The number of hydrogen-bond acceptors (Lipinski definition) is 2. The predicted molar refractivity (Wildman–Crippen MR) is 112 cm³/mol. The SMILES string of the molecule is Cc1cccc(NC(=O)N(CCC(=O)N2CCCC2)C(C)c2ccccc2)c1. The van der Waals surface area contributed by atoms with Gasteiger partial charge in [0.15, 0.2) is 0 Å². The molecule has 1 aliphatic heterocycles. The molecule has 1 aliphatic rings. The smallest absolute Gasteiger partial charge is 0.322 e. The largest absolute Gasteiger partial charge is 0.343 e. The summed E-state index contributed by atoms with van der Waals surface area (Å²) >= 11 is 0. The molecule has 1 heterocycles. The second kappa shape index (κ2) is 9.40. The lowest BCUT2D eigenvalue weighted by Gasteiger charge is -2.30. The van der Waals surface area contributed by atoms with Crippen LogP contribution >= 0.6 is 0 Å². The van der Waals surface area contributed by atoms with Gasteiger partial charge in [-0.05, 0) is 49.9 Å². The molecule has 1 fully saturated rings. The summed E-state index contributed by atoms with van der Waals surface area (Å²) in [5.41, 5.74) is 2.90. The number of benzene rings is 2. The van der Waals surface area contributed by atoms with E-state index < -0.39 is 0 Å². The number of nitrogens with zero attached hydrogens (tertiary/aromatic N) is 2. The van der Waals surface area contributed by atoms with Gasteiger partial charge in [0.1, 0.15) is 0 Å². The number of carbonyl (C=O) groups is 2. The minimum Gasteiger partial charge on any atom is -0.343 e. The Morgan fingerprint density at radius 3 is 2.46 bits per heavy atom. The van der Waals surface area contributed by atoms with Crippen molar-refractivity contribution >= 4 is 17.6 Å². The number of aryl methyl sites for hydroxylation is 1. The van der Waals surface area contributed by atoms with E-state index in [2.05, 4.69) is 5.32 Å². The van der Waals surface area contributed by atoms with Crippen molar-refractivity contribution in [1.82, 2.24) is 9.80 Å². The Balaban J connectivity index is 1.73. The fourth-order valence-electron chi connectivity index (χ4n) is 3.64. The highest BCUT2D eigenvalue weighted by atomic mass is 16.2. The average Bonchev–Trinajstić information content (AvgIpc) is 3.23. The van der Waals surface area contributed by atoms with Crippen LogP contribution in [0.2, 0.25) is 0 Å². The summed E-state index contributed by atoms with van der Waals surface area (Å²) < 4.78 is 0. The van der Waals surface area contributed by atoms with Gasteiger partial charge >= 0.3 is 6.03 Å². The van der Waals surface area contributed by atoms with Crippen molar-refractivity contribution < 1.29 is 9.59 Å². The monoisotopic (exact) mass is 379 g/mol. The zero-order valence-corrected chi connectivity index (χ0v) is 16.7. The molecule has 5 heteroatoms. The first-order valence-corrected chi connectivity index (χ1v) is 10.0. The Labute approximate surface area is 167 Å². The van der Waals surface area contributed by atoms with Gasteiger partial charge in [0, 0.05) is 31.7 Å². The van der Waals surface area contributed by atoms with E-state index in [9.17, 15) is 9.59 Å². The molecule has 1 saturated heterocycles. The average molecular weight is 380 g/mol. The molecule has 0 bridgehead atoms. The van der Waals surface area contributed by atoms with E-state index in [1.54, 1.807) is 4.90 Å². The third-order valence-electron chi connectivity index (χ3n) is 5.31. The number of amides is 3. The van der Waals surface area contributed by atoms with E-state index in [-0.39, 0.29) is 18.0 Å². The molecule has 1 atom stereocenters. The highest BCUT2D eigenvalue weighted by Gasteiger charge is 2.24. The Hall–Kier alpha value is -2.82. The third-order valence-corrected chi connectivity index (χ3v) is 5.31. The second-order valence-corrected chi connectivity index (χ2v) is 7.42. The molecule has 1 N–H and O–H groups in total. The molecule has 0 saturated carbocycles. The van der Waals surface area contributed by atoms with Crippen LogP contribution in [0.15, 0.2) is 54.6 Å². The van der Waals surface area contributed by atoms with E-state index in [4.69, 9.17) is 0 Å². The summed E-state index contributed by atoms with van der Waals surface area (Å²) in [5.74, 6) is 0.131. The van der Waals surface area contributed by atoms with E-state index in [0.717, 1.165) is 42.7 Å². The van der Waals surface area contributed by atoms with Gasteiger partial charge in [0.05, 0.1) is 6.04 Å². The molecule has 148 valence electrons. The summed E-state index contributed by atoms with van der Waals surface area (Å²) in [6.07, 6.45) is 2.49. The maximum atomic E-state index is 13.1. The van der Waals surface area contributed by atoms with E-state index in [1.165, 1.54) is 0 Å². The Bertz CT molecular complexity index is 801. The summed E-state index contributed by atoms with van der Waals surface area (Å²) in [7, 11) is 0.